The minimum absolute atomic E-state index is 0.0179. The number of carbonyl (C=O) groups excluding carboxylic acids is 1. The molecule has 1 aliphatic rings. The van der Waals surface area contributed by atoms with Crippen LogP contribution in [0.2, 0.25) is 0 Å². The fraction of sp³-hybridized carbons (Fsp3) is 0.467. The Morgan fingerprint density at radius 2 is 2.23 bits per heavy atom. The van der Waals surface area contributed by atoms with Crippen molar-refractivity contribution in [2.45, 2.75) is 25.7 Å². The van der Waals surface area contributed by atoms with Gasteiger partial charge in [-0.05, 0) is 37.3 Å². The minimum Gasteiger partial charge on any atom is -0.481 e. The second-order valence-electron chi connectivity index (χ2n) is 5.71. The van der Waals surface area contributed by atoms with Crippen LogP contribution in [0.25, 0.3) is 5.65 Å². The number of hydrogen-bond acceptors (Lipinski definition) is 4. The lowest BCUT2D eigenvalue weighted by molar-refractivity contribution is -0.137. The number of aromatic nitrogens is 3. The van der Waals surface area contributed by atoms with Gasteiger partial charge in [0.15, 0.2) is 5.65 Å². The Bertz CT molecular complexity index is 697. The van der Waals surface area contributed by atoms with E-state index in [1.165, 1.54) is 0 Å². The van der Waals surface area contributed by atoms with Crippen molar-refractivity contribution in [2.24, 2.45) is 5.92 Å². The van der Waals surface area contributed by atoms with Crippen LogP contribution in [0.1, 0.15) is 36.0 Å². The predicted octanol–water partition coefficient (Wildman–Crippen LogP) is 1.45. The lowest BCUT2D eigenvalue weighted by Crippen LogP contribution is -2.40. The fourth-order valence-electron chi connectivity index (χ4n) is 2.95. The Morgan fingerprint density at radius 3 is 3.05 bits per heavy atom. The summed E-state index contributed by atoms with van der Waals surface area (Å²) in [5, 5.41) is 16.5. The van der Waals surface area contributed by atoms with Crippen molar-refractivity contribution in [3.8, 4) is 0 Å². The van der Waals surface area contributed by atoms with Gasteiger partial charge in [0.05, 0.1) is 5.56 Å². The number of aliphatic carboxylic acids is 1. The number of piperidine rings is 1. The highest BCUT2D eigenvalue weighted by Gasteiger charge is 2.25. The topological polar surface area (TPSA) is 87.8 Å². The first-order chi connectivity index (χ1) is 10.6. The third kappa shape index (κ3) is 3.08. The summed E-state index contributed by atoms with van der Waals surface area (Å²) in [6, 6.07) is 3.53. The number of carbonyl (C=O) groups is 2. The van der Waals surface area contributed by atoms with Crippen molar-refractivity contribution in [1.82, 2.24) is 19.5 Å². The van der Waals surface area contributed by atoms with E-state index in [4.69, 9.17) is 5.11 Å². The molecule has 1 unspecified atom stereocenters. The van der Waals surface area contributed by atoms with Crippen LogP contribution in [0.5, 0.6) is 0 Å². The van der Waals surface area contributed by atoms with E-state index in [0.29, 0.717) is 24.2 Å². The molecule has 7 nitrogen and oxygen atoms in total. The summed E-state index contributed by atoms with van der Waals surface area (Å²) in [5.41, 5.74) is 1.31. The SMILES string of the molecule is O=C(O)CCC1CCCN(C(=O)c2ccc3nncn3c2)C1. The second-order valence-corrected chi connectivity index (χ2v) is 5.71. The van der Waals surface area contributed by atoms with Crippen LogP contribution in [-0.4, -0.2) is 49.6 Å². The Balaban J connectivity index is 1.69. The van der Waals surface area contributed by atoms with E-state index in [2.05, 4.69) is 10.2 Å². The van der Waals surface area contributed by atoms with E-state index < -0.39 is 5.97 Å². The standard InChI is InChI=1S/C15H18N4O3/c20-14(21)6-3-11-2-1-7-18(8-11)15(22)12-4-5-13-17-16-10-19(13)9-12/h4-5,9-11H,1-3,6-8H2,(H,20,21). The molecule has 0 saturated carbocycles. The average molecular weight is 302 g/mol. The van der Waals surface area contributed by atoms with Gasteiger partial charge in [-0.3, -0.25) is 14.0 Å². The van der Waals surface area contributed by atoms with Crippen LogP contribution < -0.4 is 0 Å². The summed E-state index contributed by atoms with van der Waals surface area (Å²) in [7, 11) is 0. The molecule has 0 bridgehead atoms. The molecule has 22 heavy (non-hydrogen) atoms. The maximum absolute atomic E-state index is 12.6. The quantitative estimate of drug-likeness (QED) is 0.923. The maximum atomic E-state index is 12.6. The van der Waals surface area contributed by atoms with Gasteiger partial charge in [0, 0.05) is 25.7 Å². The Labute approximate surface area is 127 Å². The van der Waals surface area contributed by atoms with Gasteiger partial charge in [-0.1, -0.05) is 0 Å². The number of pyridine rings is 1. The number of carboxylic acids is 1. The Kier molecular flexibility index (Phi) is 4.04. The highest BCUT2D eigenvalue weighted by atomic mass is 16.4. The molecule has 1 amide bonds. The van der Waals surface area contributed by atoms with Gasteiger partial charge in [-0.15, -0.1) is 10.2 Å². The molecular weight excluding hydrogens is 284 g/mol. The molecule has 0 radical (unpaired) electrons. The molecule has 1 atom stereocenters. The van der Waals surface area contributed by atoms with Gasteiger partial charge in [0.1, 0.15) is 6.33 Å². The number of rotatable bonds is 4. The molecule has 1 fully saturated rings. The normalized spacial score (nSPS) is 18.5. The van der Waals surface area contributed by atoms with Gasteiger partial charge < -0.3 is 10.0 Å². The van der Waals surface area contributed by atoms with E-state index in [-0.39, 0.29) is 18.2 Å². The summed E-state index contributed by atoms with van der Waals surface area (Å²) in [4.78, 5) is 25.1. The summed E-state index contributed by atoms with van der Waals surface area (Å²) in [6.45, 7) is 1.36. The van der Waals surface area contributed by atoms with Crippen LogP contribution >= 0.6 is 0 Å². The molecule has 7 heteroatoms. The number of likely N-dealkylation sites (tertiary alicyclic amines) is 1. The third-order valence-electron chi connectivity index (χ3n) is 4.11. The van der Waals surface area contributed by atoms with E-state index in [1.807, 2.05) is 4.90 Å². The Morgan fingerprint density at radius 1 is 1.36 bits per heavy atom. The molecular formula is C15H18N4O3. The van der Waals surface area contributed by atoms with Crippen molar-refractivity contribution in [1.29, 1.82) is 0 Å². The highest BCUT2D eigenvalue weighted by molar-refractivity contribution is 5.94. The summed E-state index contributed by atoms with van der Waals surface area (Å²) in [5.74, 6) is -0.524. The zero-order valence-corrected chi connectivity index (χ0v) is 12.2. The van der Waals surface area contributed by atoms with E-state index in [0.717, 1.165) is 19.4 Å². The van der Waals surface area contributed by atoms with Crippen LogP contribution in [0.4, 0.5) is 0 Å². The lowest BCUT2D eigenvalue weighted by Gasteiger charge is -2.32. The van der Waals surface area contributed by atoms with Crippen molar-refractivity contribution in [3.05, 3.63) is 30.2 Å². The zero-order valence-electron chi connectivity index (χ0n) is 12.2. The van der Waals surface area contributed by atoms with E-state index in [1.54, 1.807) is 29.1 Å². The smallest absolute Gasteiger partial charge is 0.303 e. The van der Waals surface area contributed by atoms with Crippen molar-refractivity contribution in [2.75, 3.05) is 13.1 Å². The number of amides is 1. The molecule has 0 aliphatic carbocycles. The van der Waals surface area contributed by atoms with Gasteiger partial charge in [-0.2, -0.15) is 0 Å². The maximum Gasteiger partial charge on any atom is 0.303 e. The van der Waals surface area contributed by atoms with Gasteiger partial charge in [-0.25, -0.2) is 0 Å². The van der Waals surface area contributed by atoms with Crippen LogP contribution in [0, 0.1) is 5.92 Å². The molecule has 1 aliphatic heterocycles. The molecule has 3 rings (SSSR count). The van der Waals surface area contributed by atoms with Gasteiger partial charge in [0.2, 0.25) is 0 Å². The number of nitrogens with zero attached hydrogens (tertiary/aromatic N) is 4. The first kappa shape index (κ1) is 14.5. The first-order valence-corrected chi connectivity index (χ1v) is 7.44. The molecule has 3 heterocycles. The first-order valence-electron chi connectivity index (χ1n) is 7.44. The summed E-state index contributed by atoms with van der Waals surface area (Å²) < 4.78 is 1.72. The van der Waals surface area contributed by atoms with E-state index >= 15 is 0 Å². The number of hydrogen-bond donors (Lipinski definition) is 1. The molecule has 2 aromatic rings. The second kappa shape index (κ2) is 6.13. The average Bonchev–Trinajstić information content (AvgIpc) is 3.00. The predicted molar refractivity (Wildman–Crippen MR) is 78.5 cm³/mol. The monoisotopic (exact) mass is 302 g/mol. The highest BCUT2D eigenvalue weighted by Crippen LogP contribution is 2.22. The van der Waals surface area contributed by atoms with Gasteiger partial charge >= 0.3 is 5.97 Å². The van der Waals surface area contributed by atoms with Crippen molar-refractivity contribution in [3.63, 3.8) is 0 Å². The van der Waals surface area contributed by atoms with Crippen LogP contribution in [0.3, 0.4) is 0 Å². The number of carboxylic acid groups (broad SMARTS) is 1. The van der Waals surface area contributed by atoms with Gasteiger partial charge in [0.25, 0.3) is 5.91 Å². The van der Waals surface area contributed by atoms with Crippen molar-refractivity contribution >= 4 is 17.5 Å². The third-order valence-corrected chi connectivity index (χ3v) is 4.11. The van der Waals surface area contributed by atoms with Crippen LogP contribution in [0.15, 0.2) is 24.7 Å². The minimum atomic E-state index is -0.776. The van der Waals surface area contributed by atoms with Crippen molar-refractivity contribution < 1.29 is 14.7 Å². The molecule has 1 N–H and O–H groups in total. The molecule has 1 saturated heterocycles. The molecule has 2 aromatic heterocycles. The lowest BCUT2D eigenvalue weighted by atomic mass is 9.93. The zero-order chi connectivity index (χ0) is 15.5. The fourth-order valence-corrected chi connectivity index (χ4v) is 2.95. The largest absolute Gasteiger partial charge is 0.481 e. The summed E-state index contributed by atoms with van der Waals surface area (Å²) >= 11 is 0. The van der Waals surface area contributed by atoms with Crippen LogP contribution in [-0.2, 0) is 4.79 Å². The van der Waals surface area contributed by atoms with E-state index in [9.17, 15) is 9.59 Å². The molecule has 0 aromatic carbocycles. The Hall–Kier alpha value is -2.44. The number of fused-ring (bicyclic) bond motifs is 1. The molecule has 0 spiro atoms. The molecule has 116 valence electrons. The summed E-state index contributed by atoms with van der Waals surface area (Å²) in [6.07, 6.45) is 6.01.